The molecule has 3 N–H and O–H groups in total. The third-order valence-electron chi connectivity index (χ3n) is 5.14. The number of hydrogen-bond acceptors (Lipinski definition) is 5. The van der Waals surface area contributed by atoms with E-state index < -0.39 is 16.7 Å². The van der Waals surface area contributed by atoms with Crippen LogP contribution in [0, 0.1) is 5.41 Å². The molecule has 1 spiro atoms. The summed E-state index contributed by atoms with van der Waals surface area (Å²) in [5.74, 6) is -0.230. The molecule has 9 heteroatoms. The first-order valence-electron chi connectivity index (χ1n) is 8.44. The highest BCUT2D eigenvalue weighted by molar-refractivity contribution is 5.86. The van der Waals surface area contributed by atoms with E-state index in [9.17, 15) is 19.2 Å². The number of H-pyrrole nitrogens is 2. The largest absolute Gasteiger partial charge is 0.395 e. The van der Waals surface area contributed by atoms with Crippen molar-refractivity contribution < 1.29 is 14.7 Å². The van der Waals surface area contributed by atoms with Gasteiger partial charge >= 0.3 is 5.69 Å². The van der Waals surface area contributed by atoms with Gasteiger partial charge in [0.25, 0.3) is 5.56 Å². The highest BCUT2D eigenvalue weighted by atomic mass is 16.3. The molecule has 9 nitrogen and oxygen atoms in total. The third-order valence-corrected chi connectivity index (χ3v) is 5.14. The highest BCUT2D eigenvalue weighted by Gasteiger charge is 2.49. The molecule has 1 aromatic rings. The third kappa shape index (κ3) is 3.37. The number of amides is 2. The van der Waals surface area contributed by atoms with E-state index in [1.807, 2.05) is 0 Å². The minimum atomic E-state index is -0.613. The van der Waals surface area contributed by atoms with E-state index in [0.29, 0.717) is 32.6 Å². The topological polar surface area (TPSA) is 127 Å². The Morgan fingerprint density at radius 3 is 2.76 bits per heavy atom. The van der Waals surface area contributed by atoms with Gasteiger partial charge in [-0.25, -0.2) is 4.79 Å². The number of aromatic amines is 2. The number of piperidine rings is 1. The fourth-order valence-electron chi connectivity index (χ4n) is 3.79. The zero-order valence-electron chi connectivity index (χ0n) is 13.9. The van der Waals surface area contributed by atoms with Crippen LogP contribution in [0.3, 0.4) is 0 Å². The zero-order valence-corrected chi connectivity index (χ0v) is 13.9. The molecule has 0 bridgehead atoms. The minimum absolute atomic E-state index is 0.00462. The first-order valence-corrected chi connectivity index (χ1v) is 8.44. The standard InChI is InChI=1S/C16H22N4O5/c21-7-6-19-4-1-2-16(14(19)24)3-5-20(10-16)12(22)8-11-9-17-15(25)18-13(11)23/h9,21H,1-8,10H2,(H2,17,18,23,25)/t16-/m0/s1. The van der Waals surface area contributed by atoms with Crippen molar-refractivity contribution >= 4 is 11.8 Å². The average Bonchev–Trinajstić information content (AvgIpc) is 3.00. The van der Waals surface area contributed by atoms with Crippen LogP contribution in [0.5, 0.6) is 0 Å². The summed E-state index contributed by atoms with van der Waals surface area (Å²) in [6.45, 7) is 1.70. The fourth-order valence-corrected chi connectivity index (χ4v) is 3.79. The second kappa shape index (κ2) is 6.83. The summed E-state index contributed by atoms with van der Waals surface area (Å²) in [5.41, 5.74) is -1.56. The van der Waals surface area contributed by atoms with E-state index in [0.717, 1.165) is 12.8 Å². The number of nitrogens with one attached hydrogen (secondary N) is 2. The number of aromatic nitrogens is 2. The van der Waals surface area contributed by atoms with Gasteiger partial charge in [-0.2, -0.15) is 0 Å². The summed E-state index contributed by atoms with van der Waals surface area (Å²) in [5, 5.41) is 9.10. The molecule has 2 fully saturated rings. The molecular formula is C16H22N4O5. The van der Waals surface area contributed by atoms with Gasteiger partial charge in [-0.15, -0.1) is 0 Å². The summed E-state index contributed by atoms with van der Waals surface area (Å²) < 4.78 is 0. The Kier molecular flexibility index (Phi) is 4.76. The van der Waals surface area contributed by atoms with Crippen molar-refractivity contribution in [2.75, 3.05) is 32.8 Å². The predicted molar refractivity (Wildman–Crippen MR) is 87.9 cm³/mol. The van der Waals surface area contributed by atoms with E-state index in [2.05, 4.69) is 9.97 Å². The summed E-state index contributed by atoms with van der Waals surface area (Å²) in [6, 6.07) is 0. The molecule has 3 heterocycles. The van der Waals surface area contributed by atoms with E-state index in [1.165, 1.54) is 6.20 Å². The lowest BCUT2D eigenvalue weighted by molar-refractivity contribution is -0.146. The van der Waals surface area contributed by atoms with E-state index in [4.69, 9.17) is 5.11 Å². The smallest absolute Gasteiger partial charge is 0.325 e. The van der Waals surface area contributed by atoms with Crippen LogP contribution in [0.15, 0.2) is 15.8 Å². The van der Waals surface area contributed by atoms with Crippen LogP contribution in [-0.2, 0) is 16.0 Å². The van der Waals surface area contributed by atoms with Gasteiger partial charge in [0, 0.05) is 37.9 Å². The van der Waals surface area contributed by atoms with Crippen LogP contribution in [0.4, 0.5) is 0 Å². The molecule has 0 unspecified atom stereocenters. The highest BCUT2D eigenvalue weighted by Crippen LogP contribution is 2.40. The summed E-state index contributed by atoms with van der Waals surface area (Å²) in [7, 11) is 0. The monoisotopic (exact) mass is 350 g/mol. The van der Waals surface area contributed by atoms with Gasteiger partial charge < -0.3 is 19.9 Å². The molecule has 0 aliphatic carbocycles. The van der Waals surface area contributed by atoms with Gasteiger partial charge in [-0.05, 0) is 19.3 Å². The van der Waals surface area contributed by atoms with Crippen molar-refractivity contribution in [3.63, 3.8) is 0 Å². The van der Waals surface area contributed by atoms with Gasteiger partial charge in [-0.1, -0.05) is 0 Å². The van der Waals surface area contributed by atoms with Crippen LogP contribution in [0.1, 0.15) is 24.8 Å². The van der Waals surface area contributed by atoms with Gasteiger partial charge in [-0.3, -0.25) is 19.4 Å². The molecule has 2 amide bonds. The lowest BCUT2D eigenvalue weighted by Crippen LogP contribution is -2.51. The average molecular weight is 350 g/mol. The first-order chi connectivity index (χ1) is 11.9. The van der Waals surface area contributed by atoms with Crippen molar-refractivity contribution in [1.82, 2.24) is 19.8 Å². The second-order valence-electron chi connectivity index (χ2n) is 6.74. The molecule has 3 rings (SSSR count). The number of aliphatic hydroxyl groups excluding tert-OH is 1. The summed E-state index contributed by atoms with van der Waals surface area (Å²) in [6.07, 6.45) is 3.32. The van der Waals surface area contributed by atoms with Crippen molar-refractivity contribution in [2.24, 2.45) is 5.41 Å². The van der Waals surface area contributed by atoms with Gasteiger partial charge in [0.15, 0.2) is 0 Å². The van der Waals surface area contributed by atoms with E-state index in [-0.39, 0.29) is 30.4 Å². The quantitative estimate of drug-likeness (QED) is 0.605. The minimum Gasteiger partial charge on any atom is -0.395 e. The summed E-state index contributed by atoms with van der Waals surface area (Å²) in [4.78, 5) is 55.7. The van der Waals surface area contributed by atoms with E-state index in [1.54, 1.807) is 9.80 Å². The Morgan fingerprint density at radius 2 is 2.04 bits per heavy atom. The Balaban J connectivity index is 1.69. The van der Waals surface area contributed by atoms with Crippen LogP contribution in [-0.4, -0.2) is 69.5 Å². The molecule has 1 aromatic heterocycles. The molecule has 2 aliphatic rings. The van der Waals surface area contributed by atoms with Crippen LogP contribution >= 0.6 is 0 Å². The SMILES string of the molecule is O=C(Cc1c[nH]c(=O)[nH]c1=O)N1CC[C@@]2(CCCN(CCO)C2=O)C1. The maximum atomic E-state index is 12.7. The zero-order chi connectivity index (χ0) is 18.0. The number of aliphatic hydroxyl groups is 1. The molecule has 0 radical (unpaired) electrons. The van der Waals surface area contributed by atoms with Crippen molar-refractivity contribution in [3.05, 3.63) is 32.6 Å². The number of hydrogen-bond donors (Lipinski definition) is 3. The van der Waals surface area contributed by atoms with Gasteiger partial charge in [0.1, 0.15) is 0 Å². The maximum Gasteiger partial charge on any atom is 0.325 e. The van der Waals surface area contributed by atoms with Gasteiger partial charge in [0.05, 0.1) is 18.4 Å². The Hall–Kier alpha value is -2.42. The molecule has 0 saturated carbocycles. The normalized spacial score (nSPS) is 23.5. The van der Waals surface area contributed by atoms with E-state index >= 15 is 0 Å². The number of likely N-dealkylation sites (tertiary alicyclic amines) is 2. The lowest BCUT2D eigenvalue weighted by Gasteiger charge is -2.39. The Labute approximate surface area is 143 Å². The Bertz CT molecular complexity index is 783. The Morgan fingerprint density at radius 1 is 1.24 bits per heavy atom. The molecule has 1 atom stereocenters. The lowest BCUT2D eigenvalue weighted by atomic mass is 9.78. The van der Waals surface area contributed by atoms with Crippen LogP contribution in [0.25, 0.3) is 0 Å². The van der Waals surface area contributed by atoms with Crippen molar-refractivity contribution in [2.45, 2.75) is 25.7 Å². The summed E-state index contributed by atoms with van der Waals surface area (Å²) >= 11 is 0. The number of β-amino-alcohol motifs (C(OH)–C–C–N with tert-alkyl or cyclic N) is 1. The molecular weight excluding hydrogens is 328 g/mol. The van der Waals surface area contributed by atoms with Gasteiger partial charge in [0.2, 0.25) is 11.8 Å². The molecule has 2 saturated heterocycles. The van der Waals surface area contributed by atoms with Crippen molar-refractivity contribution in [1.29, 1.82) is 0 Å². The number of rotatable bonds is 4. The fraction of sp³-hybridized carbons (Fsp3) is 0.625. The molecule has 136 valence electrons. The molecule has 25 heavy (non-hydrogen) atoms. The molecule has 2 aliphatic heterocycles. The first kappa shape index (κ1) is 17.4. The number of carbonyl (C=O) groups excluding carboxylic acids is 2. The molecule has 0 aromatic carbocycles. The van der Waals surface area contributed by atoms with Crippen molar-refractivity contribution in [3.8, 4) is 0 Å². The van der Waals surface area contributed by atoms with Crippen LogP contribution < -0.4 is 11.2 Å². The number of carbonyl (C=O) groups is 2. The van der Waals surface area contributed by atoms with Crippen LogP contribution in [0.2, 0.25) is 0 Å². The predicted octanol–water partition coefficient (Wildman–Crippen LogP) is -1.56. The second-order valence-corrected chi connectivity index (χ2v) is 6.74. The number of nitrogens with zero attached hydrogens (tertiary/aromatic N) is 2. The maximum absolute atomic E-state index is 12.7.